The molecule has 0 bridgehead atoms. The molecular weight excluding hydrogens is 331 g/mol. The van der Waals surface area contributed by atoms with Crippen LogP contribution >= 0.6 is 11.3 Å². The Kier molecular flexibility index (Phi) is 5.06. The molecule has 0 aliphatic carbocycles. The van der Waals surface area contributed by atoms with Crippen molar-refractivity contribution in [1.82, 2.24) is 4.98 Å². The zero-order valence-electron chi connectivity index (χ0n) is 14.0. The lowest BCUT2D eigenvalue weighted by Crippen LogP contribution is -1.87. The highest BCUT2D eigenvalue weighted by atomic mass is 32.1. The molecule has 2 nitrogen and oxygen atoms in total. The maximum atomic E-state index is 13.0. The summed E-state index contributed by atoms with van der Waals surface area (Å²) in [6, 6.07) is 16.6. The molecule has 4 heteroatoms. The van der Waals surface area contributed by atoms with Gasteiger partial charge in [0.2, 0.25) is 0 Å². The van der Waals surface area contributed by atoms with Gasteiger partial charge in [-0.3, -0.25) is 0 Å². The van der Waals surface area contributed by atoms with E-state index in [1.54, 1.807) is 12.1 Å². The molecule has 0 aliphatic heterocycles. The van der Waals surface area contributed by atoms with Crippen LogP contribution in [0, 0.1) is 17.1 Å². The molecule has 0 radical (unpaired) electrons. The summed E-state index contributed by atoms with van der Waals surface area (Å²) < 4.78 is 13.0. The number of benzene rings is 2. The van der Waals surface area contributed by atoms with Crippen molar-refractivity contribution in [2.45, 2.75) is 19.8 Å². The average Bonchev–Trinajstić information content (AvgIpc) is 3.10. The Bertz CT molecular complexity index is 929. The van der Waals surface area contributed by atoms with Crippen molar-refractivity contribution in [3.8, 4) is 17.3 Å². The molecule has 1 heterocycles. The molecule has 1 aromatic heterocycles. The standard InChI is InChI=1S/C21H17FN2S/c1-14(2)16-5-3-15(4-6-16)11-18(12-23)21-24-20(13-25-21)17-7-9-19(22)10-8-17/h3-11,13-14H,1-2H3. The minimum Gasteiger partial charge on any atom is -0.235 e. The van der Waals surface area contributed by atoms with Gasteiger partial charge in [0.25, 0.3) is 0 Å². The van der Waals surface area contributed by atoms with Crippen molar-refractivity contribution in [1.29, 1.82) is 5.26 Å². The lowest BCUT2D eigenvalue weighted by Gasteiger charge is -2.04. The number of halogens is 1. The summed E-state index contributed by atoms with van der Waals surface area (Å²) in [5.74, 6) is 0.201. The van der Waals surface area contributed by atoms with Crippen molar-refractivity contribution < 1.29 is 4.39 Å². The fraction of sp³-hybridized carbons (Fsp3) is 0.143. The molecule has 3 aromatic rings. The molecule has 0 fully saturated rings. The van der Waals surface area contributed by atoms with Gasteiger partial charge in [0.1, 0.15) is 16.9 Å². The third-order valence-electron chi connectivity index (χ3n) is 3.91. The van der Waals surface area contributed by atoms with Crippen LogP contribution in [-0.2, 0) is 0 Å². The first-order chi connectivity index (χ1) is 12.1. The third-order valence-corrected chi connectivity index (χ3v) is 4.78. The number of nitriles is 1. The Hall–Kier alpha value is -2.77. The van der Waals surface area contributed by atoms with Gasteiger partial charge in [0, 0.05) is 10.9 Å². The maximum absolute atomic E-state index is 13.0. The fourth-order valence-corrected chi connectivity index (χ4v) is 3.23. The predicted octanol–water partition coefficient (Wildman–Crippen LogP) is 6.14. The summed E-state index contributed by atoms with van der Waals surface area (Å²) in [5, 5.41) is 12.0. The zero-order chi connectivity index (χ0) is 17.8. The molecule has 0 aliphatic rings. The van der Waals surface area contributed by atoms with E-state index in [4.69, 9.17) is 0 Å². The van der Waals surface area contributed by atoms with Gasteiger partial charge in [-0.05, 0) is 47.4 Å². The topological polar surface area (TPSA) is 36.7 Å². The van der Waals surface area contributed by atoms with Gasteiger partial charge in [-0.15, -0.1) is 11.3 Å². The molecule has 0 saturated heterocycles. The van der Waals surface area contributed by atoms with Crippen LogP contribution in [-0.4, -0.2) is 4.98 Å². The lowest BCUT2D eigenvalue weighted by molar-refractivity contribution is 0.628. The van der Waals surface area contributed by atoms with Gasteiger partial charge in [-0.2, -0.15) is 5.26 Å². The van der Waals surface area contributed by atoms with Crippen LogP contribution in [0.25, 0.3) is 22.9 Å². The van der Waals surface area contributed by atoms with Crippen LogP contribution in [0.4, 0.5) is 4.39 Å². The first-order valence-electron chi connectivity index (χ1n) is 8.00. The second kappa shape index (κ2) is 7.42. The number of hydrogen-bond donors (Lipinski definition) is 0. The second-order valence-corrected chi connectivity index (χ2v) is 6.89. The van der Waals surface area contributed by atoms with Gasteiger partial charge < -0.3 is 0 Å². The van der Waals surface area contributed by atoms with E-state index in [0.717, 1.165) is 16.8 Å². The Labute approximate surface area is 150 Å². The third kappa shape index (κ3) is 4.01. The van der Waals surface area contributed by atoms with Crippen LogP contribution in [0.1, 0.15) is 35.9 Å². The van der Waals surface area contributed by atoms with Crippen LogP contribution in [0.15, 0.2) is 53.9 Å². The smallest absolute Gasteiger partial charge is 0.134 e. The highest BCUT2D eigenvalue weighted by Gasteiger charge is 2.09. The Balaban J connectivity index is 1.88. The molecule has 2 aromatic carbocycles. The minimum absolute atomic E-state index is 0.276. The second-order valence-electron chi connectivity index (χ2n) is 6.04. The highest BCUT2D eigenvalue weighted by Crippen LogP contribution is 2.27. The Morgan fingerprint density at radius 1 is 1.12 bits per heavy atom. The minimum atomic E-state index is -0.276. The lowest BCUT2D eigenvalue weighted by atomic mass is 10.0. The highest BCUT2D eigenvalue weighted by molar-refractivity contribution is 7.11. The average molecular weight is 348 g/mol. The van der Waals surface area contributed by atoms with Crippen molar-refractivity contribution in [3.63, 3.8) is 0 Å². The van der Waals surface area contributed by atoms with Crippen molar-refractivity contribution in [2.24, 2.45) is 0 Å². The van der Waals surface area contributed by atoms with Crippen LogP contribution in [0.2, 0.25) is 0 Å². The number of nitrogens with zero attached hydrogens (tertiary/aromatic N) is 2. The molecule has 0 spiro atoms. The van der Waals surface area contributed by atoms with Crippen molar-refractivity contribution in [2.75, 3.05) is 0 Å². The summed E-state index contributed by atoms with van der Waals surface area (Å²) in [6.07, 6.45) is 1.84. The monoisotopic (exact) mass is 348 g/mol. The molecule has 0 atom stereocenters. The van der Waals surface area contributed by atoms with Crippen molar-refractivity contribution >= 4 is 23.0 Å². The molecule has 0 amide bonds. The Morgan fingerprint density at radius 3 is 2.40 bits per heavy atom. The molecule has 25 heavy (non-hydrogen) atoms. The van der Waals surface area contributed by atoms with E-state index in [2.05, 4.69) is 37.0 Å². The van der Waals surface area contributed by atoms with Crippen molar-refractivity contribution in [3.05, 3.63) is 75.9 Å². The molecule has 0 N–H and O–H groups in total. The predicted molar refractivity (Wildman–Crippen MR) is 102 cm³/mol. The summed E-state index contributed by atoms with van der Waals surface area (Å²) >= 11 is 1.41. The van der Waals surface area contributed by atoms with Gasteiger partial charge >= 0.3 is 0 Å². The van der Waals surface area contributed by atoms with E-state index < -0.39 is 0 Å². The Morgan fingerprint density at radius 2 is 1.80 bits per heavy atom. The van der Waals surface area contributed by atoms with Crippen LogP contribution in [0.3, 0.4) is 0 Å². The number of thiazole rings is 1. The fourth-order valence-electron chi connectivity index (χ4n) is 2.44. The number of rotatable bonds is 4. The quantitative estimate of drug-likeness (QED) is 0.531. The molecule has 124 valence electrons. The van der Waals surface area contributed by atoms with Gasteiger partial charge in [-0.1, -0.05) is 38.1 Å². The van der Waals surface area contributed by atoms with E-state index in [-0.39, 0.29) is 5.82 Å². The first-order valence-corrected chi connectivity index (χ1v) is 8.88. The molecule has 0 unspecified atom stereocenters. The van der Waals surface area contributed by atoms with E-state index in [9.17, 15) is 9.65 Å². The van der Waals surface area contributed by atoms with E-state index in [1.165, 1.54) is 29.0 Å². The van der Waals surface area contributed by atoms with E-state index in [1.807, 2.05) is 23.6 Å². The van der Waals surface area contributed by atoms with Gasteiger partial charge in [0.15, 0.2) is 0 Å². The van der Waals surface area contributed by atoms with Crippen LogP contribution < -0.4 is 0 Å². The summed E-state index contributed by atoms with van der Waals surface area (Å²) in [5.41, 5.74) is 4.34. The number of aromatic nitrogens is 1. The SMILES string of the molecule is CC(C)c1ccc(C=C(C#N)c2nc(-c3ccc(F)cc3)cs2)cc1. The summed E-state index contributed by atoms with van der Waals surface area (Å²) in [7, 11) is 0. The number of allylic oxidation sites excluding steroid dienone is 1. The first kappa shape index (κ1) is 17.1. The molecule has 0 saturated carbocycles. The number of hydrogen-bond acceptors (Lipinski definition) is 3. The molecule has 3 rings (SSSR count). The maximum Gasteiger partial charge on any atom is 0.134 e. The summed E-state index contributed by atoms with van der Waals surface area (Å²) in [4.78, 5) is 4.53. The van der Waals surface area contributed by atoms with Crippen LogP contribution in [0.5, 0.6) is 0 Å². The largest absolute Gasteiger partial charge is 0.235 e. The van der Waals surface area contributed by atoms with E-state index in [0.29, 0.717) is 16.5 Å². The van der Waals surface area contributed by atoms with Gasteiger partial charge in [0.05, 0.1) is 11.3 Å². The van der Waals surface area contributed by atoms with Gasteiger partial charge in [-0.25, -0.2) is 9.37 Å². The normalized spacial score (nSPS) is 11.6. The molecular formula is C21H17FN2S. The zero-order valence-corrected chi connectivity index (χ0v) is 14.8. The van der Waals surface area contributed by atoms with E-state index >= 15 is 0 Å². The summed E-state index contributed by atoms with van der Waals surface area (Å²) in [6.45, 7) is 4.30.